The molecule has 0 spiro atoms. The lowest BCUT2D eigenvalue weighted by atomic mass is 10.1. The molecule has 0 aliphatic rings. The van der Waals surface area contributed by atoms with Crippen molar-refractivity contribution >= 4 is 11.9 Å². The summed E-state index contributed by atoms with van der Waals surface area (Å²) in [6.07, 6.45) is 21.2. The fraction of sp³-hybridized carbons (Fsp3) is 0.600. The normalized spacial score (nSPS) is 10.6. The molecule has 0 radical (unpaired) electrons. The number of unbranched alkanes of at least 4 members (excludes halogenated alkanes) is 11. The number of aromatic carboxylic acids is 1. The summed E-state index contributed by atoms with van der Waals surface area (Å²) in [7, 11) is 0. The third-order valence-corrected chi connectivity index (χ3v) is 4.79. The Kier molecular flexibility index (Phi) is 18.5. The molecule has 0 saturated carbocycles. The number of rotatable bonds is 16. The van der Waals surface area contributed by atoms with E-state index >= 15 is 0 Å². The van der Waals surface area contributed by atoms with Gasteiger partial charge in [-0.3, -0.25) is 4.79 Å². The van der Waals surface area contributed by atoms with Crippen LogP contribution in [0.25, 0.3) is 0 Å². The van der Waals surface area contributed by atoms with Gasteiger partial charge >= 0.3 is 11.9 Å². The van der Waals surface area contributed by atoms with Crippen molar-refractivity contribution in [3.63, 3.8) is 0 Å². The van der Waals surface area contributed by atoms with E-state index in [-0.39, 0.29) is 11.3 Å². The number of hydrogen-bond acceptors (Lipinski definition) is 3. The number of carboxylic acid groups (broad SMARTS) is 2. The average molecular weight is 421 g/mol. The van der Waals surface area contributed by atoms with Gasteiger partial charge < -0.3 is 15.3 Å². The Morgan fingerprint density at radius 1 is 0.767 bits per heavy atom. The summed E-state index contributed by atoms with van der Waals surface area (Å²) in [6, 6.07) is 5.81. The second-order valence-electron chi connectivity index (χ2n) is 7.55. The van der Waals surface area contributed by atoms with Gasteiger partial charge in [0.25, 0.3) is 0 Å². The molecule has 5 heteroatoms. The van der Waals surface area contributed by atoms with Gasteiger partial charge in [-0.1, -0.05) is 82.6 Å². The first-order valence-electron chi connectivity index (χ1n) is 11.4. The minimum absolute atomic E-state index is 0.0671. The van der Waals surface area contributed by atoms with E-state index in [9.17, 15) is 9.59 Å². The summed E-state index contributed by atoms with van der Waals surface area (Å²) in [5.41, 5.74) is -0.0671. The number of hydrogen-bond donors (Lipinski definition) is 3. The highest BCUT2D eigenvalue weighted by Crippen LogP contribution is 2.14. The molecule has 30 heavy (non-hydrogen) atoms. The van der Waals surface area contributed by atoms with E-state index in [4.69, 9.17) is 15.3 Å². The topological polar surface area (TPSA) is 94.8 Å². The van der Waals surface area contributed by atoms with Crippen molar-refractivity contribution in [1.29, 1.82) is 0 Å². The maximum Gasteiger partial charge on any atom is 0.339 e. The van der Waals surface area contributed by atoms with Crippen molar-refractivity contribution in [2.75, 3.05) is 0 Å². The molecule has 0 aromatic heterocycles. The molecule has 170 valence electrons. The standard InChI is InChI=1S/C18H34O2.C7H6O3/c1-2-3-4-5-6-7-8-9-10-11-12-13-14-15-16-17-18(19)20;8-6-4-2-1-3-5(6)7(9)10/h9-10H,2-8,11-17H2,1H3,(H,19,20);1-4,8H,(H,9,10). The van der Waals surface area contributed by atoms with Crippen molar-refractivity contribution in [1.82, 2.24) is 0 Å². The number of aromatic hydroxyl groups is 1. The van der Waals surface area contributed by atoms with Gasteiger partial charge in [-0.05, 0) is 44.2 Å². The van der Waals surface area contributed by atoms with Crippen molar-refractivity contribution in [2.45, 2.75) is 96.8 Å². The van der Waals surface area contributed by atoms with E-state index in [0.29, 0.717) is 6.42 Å². The minimum atomic E-state index is -1.11. The number of allylic oxidation sites excluding steroid dienone is 2. The summed E-state index contributed by atoms with van der Waals surface area (Å²) < 4.78 is 0. The lowest BCUT2D eigenvalue weighted by molar-refractivity contribution is -0.137. The Labute approximate surface area is 181 Å². The molecule has 0 amide bonds. The van der Waals surface area contributed by atoms with Gasteiger partial charge in [0.15, 0.2) is 0 Å². The first kappa shape index (κ1) is 27.7. The van der Waals surface area contributed by atoms with E-state index in [0.717, 1.165) is 12.8 Å². The van der Waals surface area contributed by atoms with Gasteiger partial charge in [-0.2, -0.15) is 0 Å². The Morgan fingerprint density at radius 3 is 1.73 bits per heavy atom. The Hall–Kier alpha value is -2.30. The van der Waals surface area contributed by atoms with Crippen LogP contribution in [-0.2, 0) is 4.79 Å². The Balaban J connectivity index is 0.000000696. The lowest BCUT2D eigenvalue weighted by Gasteiger charge is -1.99. The van der Waals surface area contributed by atoms with E-state index in [2.05, 4.69) is 19.1 Å². The SMILES string of the molecule is CCCCCCCCC=CCCCCCCCC(=O)O.O=C(O)c1ccccc1O. The van der Waals surface area contributed by atoms with Gasteiger partial charge in [0.05, 0.1) is 0 Å². The van der Waals surface area contributed by atoms with Crippen LogP contribution in [0.2, 0.25) is 0 Å². The zero-order chi connectivity index (χ0) is 22.5. The number of carboxylic acids is 2. The molecule has 5 nitrogen and oxygen atoms in total. The summed E-state index contributed by atoms with van der Waals surface area (Å²) in [5, 5.41) is 25.8. The molecule has 0 aliphatic heterocycles. The number of para-hydroxylation sites is 1. The fourth-order valence-electron chi connectivity index (χ4n) is 3.00. The van der Waals surface area contributed by atoms with Gasteiger partial charge in [0.1, 0.15) is 11.3 Å². The molecule has 0 atom stereocenters. The number of aliphatic carboxylic acids is 1. The molecule has 3 N–H and O–H groups in total. The van der Waals surface area contributed by atoms with Crippen molar-refractivity contribution in [3.8, 4) is 5.75 Å². The maximum absolute atomic E-state index is 10.3. The molecular formula is C25H40O5. The maximum atomic E-state index is 10.3. The zero-order valence-corrected chi connectivity index (χ0v) is 18.5. The van der Waals surface area contributed by atoms with E-state index < -0.39 is 11.9 Å². The van der Waals surface area contributed by atoms with Crippen LogP contribution in [0, 0.1) is 0 Å². The molecular weight excluding hydrogens is 380 g/mol. The molecule has 1 rings (SSSR count). The highest BCUT2D eigenvalue weighted by atomic mass is 16.4. The average Bonchev–Trinajstić information content (AvgIpc) is 2.71. The van der Waals surface area contributed by atoms with E-state index in [1.54, 1.807) is 12.1 Å². The predicted molar refractivity (Wildman–Crippen MR) is 122 cm³/mol. The largest absolute Gasteiger partial charge is 0.507 e. The van der Waals surface area contributed by atoms with Gasteiger partial charge in [-0.15, -0.1) is 0 Å². The van der Waals surface area contributed by atoms with Crippen LogP contribution < -0.4 is 0 Å². The summed E-state index contributed by atoms with van der Waals surface area (Å²) in [6.45, 7) is 2.26. The number of benzene rings is 1. The first-order valence-corrected chi connectivity index (χ1v) is 11.4. The summed E-state index contributed by atoms with van der Waals surface area (Å²) in [5.74, 6) is -1.98. The van der Waals surface area contributed by atoms with E-state index in [1.165, 1.54) is 82.8 Å². The second-order valence-corrected chi connectivity index (χ2v) is 7.55. The number of phenols is 1. The number of carbonyl (C=O) groups is 2. The summed E-state index contributed by atoms with van der Waals surface area (Å²) >= 11 is 0. The summed E-state index contributed by atoms with van der Waals surface area (Å²) in [4.78, 5) is 20.6. The molecule has 0 unspecified atom stereocenters. The molecule has 1 aromatic rings. The van der Waals surface area contributed by atoms with Crippen LogP contribution >= 0.6 is 0 Å². The third-order valence-electron chi connectivity index (χ3n) is 4.79. The molecule has 0 bridgehead atoms. The first-order chi connectivity index (χ1) is 14.5. The molecule has 0 saturated heterocycles. The van der Waals surface area contributed by atoms with Crippen LogP contribution in [-0.4, -0.2) is 27.3 Å². The molecule has 0 aliphatic carbocycles. The highest BCUT2D eigenvalue weighted by molar-refractivity contribution is 5.90. The highest BCUT2D eigenvalue weighted by Gasteiger charge is 2.05. The van der Waals surface area contributed by atoms with Crippen LogP contribution in [0.3, 0.4) is 0 Å². The van der Waals surface area contributed by atoms with Crippen molar-refractivity contribution < 1.29 is 24.9 Å². The monoisotopic (exact) mass is 420 g/mol. The van der Waals surface area contributed by atoms with Gasteiger partial charge in [0, 0.05) is 6.42 Å². The lowest BCUT2D eigenvalue weighted by Crippen LogP contribution is -1.95. The minimum Gasteiger partial charge on any atom is -0.507 e. The van der Waals surface area contributed by atoms with Crippen LogP contribution in [0.1, 0.15) is 107 Å². The zero-order valence-electron chi connectivity index (χ0n) is 18.5. The third kappa shape index (κ3) is 17.8. The fourth-order valence-corrected chi connectivity index (χ4v) is 3.00. The molecule has 0 fully saturated rings. The van der Waals surface area contributed by atoms with E-state index in [1.807, 2.05) is 0 Å². The van der Waals surface area contributed by atoms with Gasteiger partial charge in [0.2, 0.25) is 0 Å². The van der Waals surface area contributed by atoms with Crippen LogP contribution in [0.15, 0.2) is 36.4 Å². The quantitative estimate of drug-likeness (QED) is 0.194. The van der Waals surface area contributed by atoms with Gasteiger partial charge in [-0.25, -0.2) is 4.79 Å². The molecule has 1 aromatic carbocycles. The Bertz CT molecular complexity index is 595. The predicted octanol–water partition coefficient (Wildman–Crippen LogP) is 7.20. The van der Waals surface area contributed by atoms with Crippen molar-refractivity contribution in [3.05, 3.63) is 42.0 Å². The second kappa shape index (κ2) is 20.0. The van der Waals surface area contributed by atoms with Crippen molar-refractivity contribution in [2.24, 2.45) is 0 Å². The van der Waals surface area contributed by atoms with Crippen LogP contribution in [0.5, 0.6) is 5.75 Å². The van der Waals surface area contributed by atoms with Crippen LogP contribution in [0.4, 0.5) is 0 Å². The molecule has 0 heterocycles. The Morgan fingerprint density at radius 2 is 1.27 bits per heavy atom. The smallest absolute Gasteiger partial charge is 0.339 e.